The number of benzene rings is 1. The molecule has 4 heteroatoms. The van der Waals surface area contributed by atoms with E-state index in [1.807, 2.05) is 36.9 Å². The molecular formula is C16H24N2O2. The van der Waals surface area contributed by atoms with Gasteiger partial charge in [0.25, 0.3) is 0 Å². The van der Waals surface area contributed by atoms with E-state index < -0.39 is 0 Å². The summed E-state index contributed by atoms with van der Waals surface area (Å²) in [5, 5.41) is 3.29. The molecule has 1 unspecified atom stereocenters. The first-order chi connectivity index (χ1) is 9.52. The molecule has 2 rings (SSSR count). The quantitative estimate of drug-likeness (QED) is 0.861. The minimum Gasteiger partial charge on any atom is -0.377 e. The molecule has 4 nitrogen and oxygen atoms in total. The number of ether oxygens (including phenoxy) is 1. The fourth-order valence-corrected chi connectivity index (χ4v) is 2.45. The average molecular weight is 276 g/mol. The van der Waals surface area contributed by atoms with Crippen LogP contribution >= 0.6 is 0 Å². The maximum absolute atomic E-state index is 12.3. The highest BCUT2D eigenvalue weighted by Gasteiger charge is 2.34. The Morgan fingerprint density at radius 3 is 2.70 bits per heavy atom. The molecule has 20 heavy (non-hydrogen) atoms. The Hall–Kier alpha value is -1.39. The van der Waals surface area contributed by atoms with Crippen molar-refractivity contribution in [2.24, 2.45) is 0 Å². The van der Waals surface area contributed by atoms with E-state index in [1.54, 1.807) is 7.11 Å². The zero-order chi connectivity index (χ0) is 14.6. The van der Waals surface area contributed by atoms with Crippen LogP contribution in [-0.2, 0) is 16.0 Å². The summed E-state index contributed by atoms with van der Waals surface area (Å²) in [5.74, 6) is 0.186. The Bertz CT molecular complexity index is 445. The first-order valence-electron chi connectivity index (χ1n) is 7.13. The van der Waals surface area contributed by atoms with Crippen LogP contribution in [0.3, 0.4) is 0 Å². The Kier molecular flexibility index (Phi) is 4.78. The number of nitrogens with one attached hydrogen (secondary N) is 1. The smallest absolute Gasteiger partial charge is 0.240 e. The monoisotopic (exact) mass is 276 g/mol. The van der Waals surface area contributed by atoms with Gasteiger partial charge in [0.15, 0.2) is 0 Å². The third kappa shape index (κ3) is 3.81. The van der Waals surface area contributed by atoms with Crippen molar-refractivity contribution >= 4 is 5.91 Å². The predicted molar refractivity (Wildman–Crippen MR) is 79.4 cm³/mol. The summed E-state index contributed by atoms with van der Waals surface area (Å²) in [4.78, 5) is 14.2. The molecular weight excluding hydrogens is 252 g/mol. The Labute approximate surface area is 121 Å². The van der Waals surface area contributed by atoms with Gasteiger partial charge in [0.2, 0.25) is 5.91 Å². The molecule has 1 atom stereocenters. The molecule has 110 valence electrons. The number of methoxy groups -OCH3 is 1. The summed E-state index contributed by atoms with van der Waals surface area (Å²) in [5.41, 5.74) is 0.976. The van der Waals surface area contributed by atoms with Crippen LogP contribution in [-0.4, -0.2) is 42.8 Å². The number of amides is 1. The number of hydrogen-bond donors (Lipinski definition) is 1. The fourth-order valence-electron chi connectivity index (χ4n) is 2.45. The first-order valence-corrected chi connectivity index (χ1v) is 7.13. The van der Waals surface area contributed by atoms with E-state index in [4.69, 9.17) is 4.74 Å². The molecule has 1 N–H and O–H groups in total. The van der Waals surface area contributed by atoms with Crippen LogP contribution in [0.1, 0.15) is 25.8 Å². The molecule has 0 radical (unpaired) electrons. The lowest BCUT2D eigenvalue weighted by Gasteiger charge is -2.28. The van der Waals surface area contributed by atoms with Crippen molar-refractivity contribution in [3.05, 3.63) is 35.9 Å². The molecule has 0 aromatic heterocycles. The molecule has 0 bridgehead atoms. The van der Waals surface area contributed by atoms with Gasteiger partial charge in [-0.1, -0.05) is 30.3 Å². The number of carbonyl (C=O) groups is 1. The summed E-state index contributed by atoms with van der Waals surface area (Å²) in [7, 11) is 1.68. The Morgan fingerprint density at radius 2 is 2.05 bits per heavy atom. The highest BCUT2D eigenvalue weighted by Crippen LogP contribution is 2.16. The normalized spacial score (nSPS) is 19.6. The molecule has 1 aromatic rings. The Morgan fingerprint density at radius 1 is 1.35 bits per heavy atom. The van der Waals surface area contributed by atoms with Gasteiger partial charge >= 0.3 is 0 Å². The van der Waals surface area contributed by atoms with Gasteiger partial charge in [-0.05, 0) is 32.3 Å². The van der Waals surface area contributed by atoms with Crippen molar-refractivity contribution in [2.75, 3.05) is 20.3 Å². The van der Waals surface area contributed by atoms with Crippen LogP contribution in [0.4, 0.5) is 0 Å². The molecule has 1 aliphatic heterocycles. The summed E-state index contributed by atoms with van der Waals surface area (Å²) in [6, 6.07) is 10.2. The van der Waals surface area contributed by atoms with Gasteiger partial charge in [-0.3, -0.25) is 10.1 Å². The van der Waals surface area contributed by atoms with E-state index >= 15 is 0 Å². The molecule has 0 saturated carbocycles. The number of rotatable bonds is 6. The highest BCUT2D eigenvalue weighted by molar-refractivity contribution is 5.83. The third-order valence-corrected chi connectivity index (χ3v) is 3.83. The van der Waals surface area contributed by atoms with Crippen LogP contribution in [0.25, 0.3) is 0 Å². The Balaban J connectivity index is 1.85. The molecule has 1 heterocycles. The summed E-state index contributed by atoms with van der Waals surface area (Å²) >= 11 is 0. The average Bonchev–Trinajstić information content (AvgIpc) is 2.78. The van der Waals surface area contributed by atoms with Gasteiger partial charge in [0.1, 0.15) is 0 Å². The summed E-state index contributed by atoms with van der Waals surface area (Å²) in [6.45, 7) is 5.23. The van der Waals surface area contributed by atoms with Gasteiger partial charge < -0.3 is 9.64 Å². The fraction of sp³-hybridized carbons (Fsp3) is 0.562. The van der Waals surface area contributed by atoms with Crippen molar-refractivity contribution < 1.29 is 9.53 Å². The number of nitrogens with zero attached hydrogens (tertiary/aromatic N) is 1. The van der Waals surface area contributed by atoms with Crippen molar-refractivity contribution in [3.63, 3.8) is 0 Å². The van der Waals surface area contributed by atoms with Gasteiger partial charge in [-0.25, -0.2) is 0 Å². The van der Waals surface area contributed by atoms with E-state index in [1.165, 1.54) is 5.56 Å². The van der Waals surface area contributed by atoms with Gasteiger partial charge in [-0.2, -0.15) is 0 Å². The zero-order valence-electron chi connectivity index (χ0n) is 12.6. The second-order valence-electron chi connectivity index (χ2n) is 5.94. The van der Waals surface area contributed by atoms with E-state index in [0.717, 1.165) is 12.8 Å². The predicted octanol–water partition coefficient (Wildman–Crippen LogP) is 1.80. The SMILES string of the molecule is COC(C)(C)CN1CNC(CCc2ccccc2)C1=O. The summed E-state index contributed by atoms with van der Waals surface area (Å²) in [6.07, 6.45) is 1.76. The lowest BCUT2D eigenvalue weighted by Crippen LogP contribution is -2.42. The lowest BCUT2D eigenvalue weighted by atomic mass is 10.0. The minimum atomic E-state index is -0.300. The van der Waals surface area contributed by atoms with Crippen LogP contribution in [0, 0.1) is 0 Å². The maximum Gasteiger partial charge on any atom is 0.240 e. The zero-order valence-corrected chi connectivity index (χ0v) is 12.6. The highest BCUT2D eigenvalue weighted by atomic mass is 16.5. The molecule has 1 fully saturated rings. The van der Waals surface area contributed by atoms with Crippen molar-refractivity contribution in [3.8, 4) is 0 Å². The number of hydrogen-bond acceptors (Lipinski definition) is 3. The van der Waals surface area contributed by atoms with Gasteiger partial charge in [0.05, 0.1) is 24.9 Å². The molecule has 0 spiro atoms. The van der Waals surface area contributed by atoms with Gasteiger partial charge in [0, 0.05) is 7.11 Å². The van der Waals surface area contributed by atoms with Crippen molar-refractivity contribution in [2.45, 2.75) is 38.3 Å². The topological polar surface area (TPSA) is 41.6 Å². The lowest BCUT2D eigenvalue weighted by molar-refractivity contribution is -0.132. The first kappa shape index (κ1) is 15.0. The van der Waals surface area contributed by atoms with Crippen LogP contribution in [0.5, 0.6) is 0 Å². The molecule has 1 aromatic carbocycles. The van der Waals surface area contributed by atoms with Crippen LogP contribution in [0.2, 0.25) is 0 Å². The summed E-state index contributed by atoms with van der Waals surface area (Å²) < 4.78 is 5.39. The maximum atomic E-state index is 12.3. The number of aryl methyl sites for hydroxylation is 1. The third-order valence-electron chi connectivity index (χ3n) is 3.83. The standard InChI is InChI=1S/C16H24N2O2/c1-16(2,20-3)11-18-12-17-14(15(18)19)10-9-13-7-5-4-6-8-13/h4-8,14,17H,9-12H2,1-3H3. The molecule has 1 amide bonds. The van der Waals surface area contributed by atoms with Gasteiger partial charge in [-0.15, -0.1) is 0 Å². The largest absolute Gasteiger partial charge is 0.377 e. The van der Waals surface area contributed by atoms with E-state index in [9.17, 15) is 4.79 Å². The van der Waals surface area contributed by atoms with Crippen molar-refractivity contribution in [1.82, 2.24) is 10.2 Å². The number of carbonyl (C=O) groups excluding carboxylic acids is 1. The van der Waals surface area contributed by atoms with E-state index in [0.29, 0.717) is 13.2 Å². The van der Waals surface area contributed by atoms with Crippen LogP contribution in [0.15, 0.2) is 30.3 Å². The van der Waals surface area contributed by atoms with Crippen LogP contribution < -0.4 is 5.32 Å². The van der Waals surface area contributed by atoms with E-state index in [2.05, 4.69) is 17.4 Å². The second kappa shape index (κ2) is 6.37. The van der Waals surface area contributed by atoms with Crippen molar-refractivity contribution in [1.29, 1.82) is 0 Å². The molecule has 1 saturated heterocycles. The second-order valence-corrected chi connectivity index (χ2v) is 5.94. The molecule has 0 aliphatic carbocycles. The minimum absolute atomic E-state index is 0.0668. The van der Waals surface area contributed by atoms with E-state index in [-0.39, 0.29) is 17.6 Å². The molecule has 1 aliphatic rings.